The number of ketones is 1. The first-order valence-electron chi connectivity index (χ1n) is 4.29. The molecular formula is C9H14O. The zero-order chi connectivity index (χ0) is 7.19. The zero-order valence-electron chi connectivity index (χ0n) is 6.52. The first-order valence-corrected chi connectivity index (χ1v) is 4.29. The van der Waals surface area contributed by atoms with Gasteiger partial charge in [0.05, 0.1) is 0 Å². The lowest BCUT2D eigenvalue weighted by atomic mass is 9.62. The molecule has 0 aromatic heterocycles. The minimum atomic E-state index is 0.194. The van der Waals surface area contributed by atoms with Crippen LogP contribution in [0.5, 0.6) is 0 Å². The van der Waals surface area contributed by atoms with Crippen molar-refractivity contribution < 1.29 is 4.79 Å². The average Bonchev–Trinajstić information content (AvgIpc) is 2.30. The Morgan fingerprint density at radius 1 is 1.50 bits per heavy atom. The van der Waals surface area contributed by atoms with Crippen LogP contribution in [0, 0.1) is 11.3 Å². The normalized spacial score (nSPS) is 46.1. The maximum atomic E-state index is 11.3. The van der Waals surface area contributed by atoms with Gasteiger partial charge < -0.3 is 0 Å². The number of hydrogen-bond donors (Lipinski definition) is 0. The van der Waals surface area contributed by atoms with Gasteiger partial charge in [0.25, 0.3) is 0 Å². The molecule has 0 aromatic rings. The van der Waals surface area contributed by atoms with Gasteiger partial charge in [-0.15, -0.1) is 0 Å². The molecule has 2 aliphatic carbocycles. The molecule has 0 aromatic carbocycles. The predicted molar refractivity (Wildman–Crippen MR) is 39.7 cm³/mol. The molecule has 1 spiro atoms. The summed E-state index contributed by atoms with van der Waals surface area (Å²) >= 11 is 0. The molecule has 56 valence electrons. The van der Waals surface area contributed by atoms with Gasteiger partial charge in [-0.2, -0.15) is 0 Å². The molecule has 2 saturated carbocycles. The highest BCUT2D eigenvalue weighted by molar-refractivity contribution is 5.90. The van der Waals surface area contributed by atoms with E-state index in [0.717, 1.165) is 6.42 Å². The average molecular weight is 138 g/mol. The van der Waals surface area contributed by atoms with Crippen molar-refractivity contribution in [2.45, 2.75) is 39.0 Å². The van der Waals surface area contributed by atoms with Gasteiger partial charge in [-0.05, 0) is 25.2 Å². The maximum Gasteiger partial charge on any atom is 0.139 e. The van der Waals surface area contributed by atoms with Crippen molar-refractivity contribution in [2.75, 3.05) is 0 Å². The Labute approximate surface area is 61.8 Å². The molecule has 0 amide bonds. The van der Waals surface area contributed by atoms with Crippen molar-refractivity contribution in [1.29, 1.82) is 0 Å². The third kappa shape index (κ3) is 0.561. The molecule has 2 atom stereocenters. The Morgan fingerprint density at radius 3 is 2.50 bits per heavy atom. The molecule has 1 heteroatoms. The molecule has 1 nitrogen and oxygen atoms in total. The van der Waals surface area contributed by atoms with E-state index in [1.807, 2.05) is 0 Å². The van der Waals surface area contributed by atoms with E-state index in [2.05, 4.69) is 6.92 Å². The maximum absolute atomic E-state index is 11.3. The Kier molecular flexibility index (Phi) is 1.17. The van der Waals surface area contributed by atoms with Gasteiger partial charge in [0.15, 0.2) is 0 Å². The Morgan fingerprint density at radius 2 is 2.30 bits per heavy atom. The Hall–Kier alpha value is -0.330. The van der Waals surface area contributed by atoms with E-state index >= 15 is 0 Å². The van der Waals surface area contributed by atoms with Gasteiger partial charge >= 0.3 is 0 Å². The summed E-state index contributed by atoms with van der Waals surface area (Å²) in [6, 6.07) is 0. The molecule has 0 radical (unpaired) electrons. The number of rotatable bonds is 0. The Bertz CT molecular complexity index is 174. The van der Waals surface area contributed by atoms with Gasteiger partial charge in [-0.25, -0.2) is 0 Å². The first-order chi connectivity index (χ1) is 4.76. The van der Waals surface area contributed by atoms with Crippen molar-refractivity contribution in [1.82, 2.24) is 0 Å². The zero-order valence-corrected chi connectivity index (χ0v) is 6.52. The lowest BCUT2D eigenvalue weighted by Gasteiger charge is -2.40. The summed E-state index contributed by atoms with van der Waals surface area (Å²) in [6.45, 7) is 2.24. The fourth-order valence-electron chi connectivity index (χ4n) is 2.58. The molecule has 2 rings (SSSR count). The smallest absolute Gasteiger partial charge is 0.139 e. The predicted octanol–water partition coefficient (Wildman–Crippen LogP) is 2.16. The third-order valence-corrected chi connectivity index (χ3v) is 3.56. The van der Waals surface area contributed by atoms with Crippen molar-refractivity contribution in [3.05, 3.63) is 0 Å². The first kappa shape index (κ1) is 6.38. The van der Waals surface area contributed by atoms with Crippen LogP contribution in [0.15, 0.2) is 0 Å². The molecule has 0 heterocycles. The van der Waals surface area contributed by atoms with Gasteiger partial charge in [0, 0.05) is 11.8 Å². The van der Waals surface area contributed by atoms with E-state index in [1.165, 1.54) is 25.7 Å². The topological polar surface area (TPSA) is 17.1 Å². The third-order valence-electron chi connectivity index (χ3n) is 3.56. The van der Waals surface area contributed by atoms with Gasteiger partial charge in [-0.1, -0.05) is 13.3 Å². The summed E-state index contributed by atoms with van der Waals surface area (Å²) in [5.41, 5.74) is 0.194. The second-order valence-electron chi connectivity index (χ2n) is 3.87. The molecule has 0 aliphatic heterocycles. The molecule has 0 N–H and O–H groups in total. The van der Waals surface area contributed by atoms with Crippen molar-refractivity contribution >= 4 is 5.78 Å². The van der Waals surface area contributed by atoms with Crippen LogP contribution in [-0.2, 0) is 4.79 Å². The number of carbonyl (C=O) groups is 1. The van der Waals surface area contributed by atoms with Crippen LogP contribution in [0.25, 0.3) is 0 Å². The standard InChI is InChI=1S/C9H14O/c1-7-3-2-5-9(7)6-4-8(9)10/h7H,2-6H2,1H3. The Balaban J connectivity index is 2.21. The fourth-order valence-corrected chi connectivity index (χ4v) is 2.58. The van der Waals surface area contributed by atoms with Crippen molar-refractivity contribution in [3.8, 4) is 0 Å². The molecular weight excluding hydrogens is 124 g/mol. The minimum Gasteiger partial charge on any atom is -0.299 e. The van der Waals surface area contributed by atoms with Crippen LogP contribution in [0.4, 0.5) is 0 Å². The van der Waals surface area contributed by atoms with Crippen LogP contribution in [0.2, 0.25) is 0 Å². The quantitative estimate of drug-likeness (QED) is 0.501. The van der Waals surface area contributed by atoms with Gasteiger partial charge in [0.2, 0.25) is 0 Å². The second kappa shape index (κ2) is 1.84. The largest absolute Gasteiger partial charge is 0.299 e. The van der Waals surface area contributed by atoms with Crippen LogP contribution in [0.3, 0.4) is 0 Å². The summed E-state index contributed by atoms with van der Waals surface area (Å²) < 4.78 is 0. The van der Waals surface area contributed by atoms with E-state index < -0.39 is 0 Å². The van der Waals surface area contributed by atoms with Crippen LogP contribution < -0.4 is 0 Å². The van der Waals surface area contributed by atoms with Gasteiger partial charge in [-0.3, -0.25) is 4.79 Å². The molecule has 2 aliphatic rings. The summed E-state index contributed by atoms with van der Waals surface area (Å²) in [5, 5.41) is 0. The molecule has 2 unspecified atom stereocenters. The SMILES string of the molecule is CC1CCCC12CCC2=O. The number of carbonyl (C=O) groups excluding carboxylic acids is 1. The van der Waals surface area contributed by atoms with Crippen LogP contribution >= 0.6 is 0 Å². The summed E-state index contributed by atoms with van der Waals surface area (Å²) in [7, 11) is 0. The number of hydrogen-bond acceptors (Lipinski definition) is 1. The lowest BCUT2D eigenvalue weighted by molar-refractivity contribution is -0.140. The molecule has 0 bridgehead atoms. The monoisotopic (exact) mass is 138 g/mol. The lowest BCUT2D eigenvalue weighted by Crippen LogP contribution is -2.42. The highest BCUT2D eigenvalue weighted by Gasteiger charge is 2.51. The summed E-state index contributed by atoms with van der Waals surface area (Å²) in [6.07, 6.45) is 5.81. The summed E-state index contributed by atoms with van der Waals surface area (Å²) in [5.74, 6) is 1.24. The van der Waals surface area contributed by atoms with Crippen molar-refractivity contribution in [3.63, 3.8) is 0 Å². The highest BCUT2D eigenvalue weighted by Crippen LogP contribution is 2.53. The van der Waals surface area contributed by atoms with Crippen LogP contribution in [-0.4, -0.2) is 5.78 Å². The van der Waals surface area contributed by atoms with Crippen LogP contribution in [0.1, 0.15) is 39.0 Å². The van der Waals surface area contributed by atoms with E-state index in [0.29, 0.717) is 11.7 Å². The van der Waals surface area contributed by atoms with Crippen molar-refractivity contribution in [2.24, 2.45) is 11.3 Å². The number of Topliss-reactive ketones (excluding diaryl/α,β-unsaturated/α-hetero) is 1. The van der Waals surface area contributed by atoms with E-state index in [9.17, 15) is 4.79 Å². The van der Waals surface area contributed by atoms with E-state index in [4.69, 9.17) is 0 Å². The highest BCUT2D eigenvalue weighted by atomic mass is 16.1. The second-order valence-corrected chi connectivity index (χ2v) is 3.87. The molecule has 10 heavy (non-hydrogen) atoms. The van der Waals surface area contributed by atoms with Gasteiger partial charge in [0.1, 0.15) is 5.78 Å². The molecule has 2 fully saturated rings. The molecule has 0 saturated heterocycles. The summed E-state index contributed by atoms with van der Waals surface area (Å²) in [4.78, 5) is 11.3. The fraction of sp³-hybridized carbons (Fsp3) is 0.889. The van der Waals surface area contributed by atoms with E-state index in [-0.39, 0.29) is 5.41 Å². The minimum absolute atomic E-state index is 0.194. The van der Waals surface area contributed by atoms with E-state index in [1.54, 1.807) is 0 Å².